The van der Waals surface area contributed by atoms with Gasteiger partial charge in [0.15, 0.2) is 0 Å². The van der Waals surface area contributed by atoms with Crippen molar-refractivity contribution in [3.8, 4) is 17.2 Å². The third kappa shape index (κ3) is 6.15. The van der Waals surface area contributed by atoms with Crippen LogP contribution in [0.1, 0.15) is 36.8 Å². The first-order valence-corrected chi connectivity index (χ1v) is 12.9. The van der Waals surface area contributed by atoms with Gasteiger partial charge in [-0.25, -0.2) is 9.78 Å². The second-order valence-corrected chi connectivity index (χ2v) is 9.74. The Kier molecular flexibility index (Phi) is 7.68. The Bertz CT molecular complexity index is 1500. The number of benzene rings is 1. The Morgan fingerprint density at radius 1 is 1.08 bits per heavy atom. The quantitative estimate of drug-likeness (QED) is 0.334. The third-order valence-electron chi connectivity index (χ3n) is 7.09. The molecule has 1 fully saturated rings. The van der Waals surface area contributed by atoms with E-state index in [9.17, 15) is 9.59 Å². The van der Waals surface area contributed by atoms with Gasteiger partial charge in [0, 0.05) is 61.6 Å². The average molecular weight is 523 g/mol. The number of rotatable bonds is 7. The number of nitriles is 1. The molecular weight excluding hydrogens is 492 g/mol. The predicted molar refractivity (Wildman–Crippen MR) is 149 cm³/mol. The largest absolute Gasteiger partial charge is 0.367 e. The van der Waals surface area contributed by atoms with Crippen molar-refractivity contribution >= 4 is 17.5 Å². The van der Waals surface area contributed by atoms with E-state index in [2.05, 4.69) is 31.9 Å². The molecule has 0 atom stereocenters. The maximum absolute atomic E-state index is 13.5. The lowest BCUT2D eigenvalue weighted by atomic mass is 9.89. The zero-order valence-electron chi connectivity index (χ0n) is 21.7. The smallest absolute Gasteiger partial charge is 0.322 e. The number of hydrogen-bond acceptors (Lipinski definition) is 6. The molecule has 0 saturated heterocycles. The summed E-state index contributed by atoms with van der Waals surface area (Å²) in [5.74, 6) is 0.751. The van der Waals surface area contributed by atoms with E-state index in [0.717, 1.165) is 53.9 Å². The molecule has 2 amide bonds. The minimum absolute atomic E-state index is 0.0321. The van der Waals surface area contributed by atoms with E-state index in [0.29, 0.717) is 12.1 Å². The van der Waals surface area contributed by atoms with Crippen LogP contribution >= 0.6 is 0 Å². The number of carbonyl (C=O) groups excluding carboxylic acids is 1. The first-order valence-electron chi connectivity index (χ1n) is 12.9. The van der Waals surface area contributed by atoms with Gasteiger partial charge in [-0.1, -0.05) is 12.1 Å². The van der Waals surface area contributed by atoms with Crippen LogP contribution in [-0.4, -0.2) is 37.9 Å². The van der Waals surface area contributed by atoms with E-state index < -0.39 is 0 Å². The summed E-state index contributed by atoms with van der Waals surface area (Å²) in [6.07, 6.45) is 10.3. The molecule has 3 aromatic heterocycles. The molecule has 0 bridgehead atoms. The van der Waals surface area contributed by atoms with Gasteiger partial charge in [0.05, 0.1) is 11.8 Å². The fourth-order valence-corrected chi connectivity index (χ4v) is 4.94. The van der Waals surface area contributed by atoms with Crippen LogP contribution in [0.4, 0.5) is 16.3 Å². The highest BCUT2D eigenvalue weighted by Gasteiger charge is 2.30. The molecule has 4 aromatic rings. The summed E-state index contributed by atoms with van der Waals surface area (Å²) in [4.78, 5) is 31.5. The number of hydrogen-bond donors (Lipinski definition) is 3. The predicted octanol–water partition coefficient (Wildman–Crippen LogP) is 4.18. The van der Waals surface area contributed by atoms with Gasteiger partial charge in [0.2, 0.25) is 5.56 Å². The number of urea groups is 1. The van der Waals surface area contributed by atoms with Gasteiger partial charge >= 0.3 is 6.03 Å². The number of aromatic nitrogens is 4. The average Bonchev–Trinajstić information content (AvgIpc) is 3.49. The monoisotopic (exact) mass is 522 g/mol. The Morgan fingerprint density at radius 3 is 2.49 bits per heavy atom. The van der Waals surface area contributed by atoms with E-state index >= 15 is 0 Å². The number of amides is 2. The van der Waals surface area contributed by atoms with Crippen molar-refractivity contribution < 1.29 is 4.79 Å². The minimum Gasteiger partial charge on any atom is -0.367 e. The second-order valence-electron chi connectivity index (χ2n) is 9.74. The molecule has 1 saturated carbocycles. The molecule has 0 unspecified atom stereocenters. The summed E-state index contributed by atoms with van der Waals surface area (Å²) in [6.45, 7) is 0.378. The minimum atomic E-state index is -0.156. The molecule has 0 aliphatic heterocycles. The number of anilines is 2. The molecule has 3 N–H and O–H groups in total. The van der Waals surface area contributed by atoms with E-state index in [1.807, 2.05) is 47.5 Å². The standard InChI is InChI=1S/C29H30N8O2/c1-36-19-23(5-13-28(36)38)22-3-8-25(9-4-22)37(29(39)32-16-21-17-33-34-18-21)26-10-6-24(7-11-26)35-27-12-2-20(14-30)15-31-27/h2-5,8-9,12-13,15,17-19,24,26H,6-7,10-11,16H2,1H3,(H,31,35)(H,32,39)(H,33,34). The zero-order chi connectivity index (χ0) is 27.2. The summed E-state index contributed by atoms with van der Waals surface area (Å²) in [6, 6.07) is 17.0. The van der Waals surface area contributed by atoms with Gasteiger partial charge < -0.3 is 15.2 Å². The van der Waals surface area contributed by atoms with Crippen molar-refractivity contribution in [3.63, 3.8) is 0 Å². The van der Waals surface area contributed by atoms with Crippen LogP contribution in [0.2, 0.25) is 0 Å². The highest BCUT2D eigenvalue weighted by atomic mass is 16.2. The molecule has 1 aromatic carbocycles. The normalized spacial score (nSPS) is 16.7. The van der Waals surface area contributed by atoms with Gasteiger partial charge in [-0.05, 0) is 67.1 Å². The Hall–Kier alpha value is -4.91. The van der Waals surface area contributed by atoms with Crippen molar-refractivity contribution in [1.29, 1.82) is 5.26 Å². The third-order valence-corrected chi connectivity index (χ3v) is 7.09. The van der Waals surface area contributed by atoms with E-state index in [-0.39, 0.29) is 23.7 Å². The van der Waals surface area contributed by atoms with Crippen LogP contribution < -0.4 is 21.1 Å². The van der Waals surface area contributed by atoms with Gasteiger partial charge in [0.1, 0.15) is 11.9 Å². The van der Waals surface area contributed by atoms with Gasteiger partial charge in [-0.3, -0.25) is 14.8 Å². The summed E-state index contributed by atoms with van der Waals surface area (Å²) < 4.78 is 1.55. The fourth-order valence-electron chi connectivity index (χ4n) is 4.94. The summed E-state index contributed by atoms with van der Waals surface area (Å²) in [5.41, 5.74) is 4.09. The molecule has 1 aliphatic carbocycles. The molecule has 3 heterocycles. The lowest BCUT2D eigenvalue weighted by Gasteiger charge is -2.37. The number of pyridine rings is 2. The maximum atomic E-state index is 13.5. The van der Waals surface area contributed by atoms with Crippen molar-refractivity contribution in [3.05, 3.63) is 94.8 Å². The maximum Gasteiger partial charge on any atom is 0.322 e. The number of aromatic amines is 1. The molecule has 5 rings (SSSR count). The summed E-state index contributed by atoms with van der Waals surface area (Å²) in [5, 5.41) is 22.2. The van der Waals surface area contributed by atoms with Crippen LogP contribution in [0.5, 0.6) is 0 Å². The van der Waals surface area contributed by atoms with Gasteiger partial charge in [0.25, 0.3) is 0 Å². The molecule has 10 heteroatoms. The van der Waals surface area contributed by atoms with Crippen molar-refractivity contribution in [2.75, 3.05) is 10.2 Å². The van der Waals surface area contributed by atoms with E-state index in [4.69, 9.17) is 5.26 Å². The Labute approximate surface area is 226 Å². The number of nitrogens with one attached hydrogen (secondary N) is 3. The Balaban J connectivity index is 1.31. The van der Waals surface area contributed by atoms with Crippen LogP contribution in [0.25, 0.3) is 11.1 Å². The van der Waals surface area contributed by atoms with E-state index in [1.54, 1.807) is 42.3 Å². The zero-order valence-corrected chi connectivity index (χ0v) is 21.7. The number of aryl methyl sites for hydroxylation is 1. The first kappa shape index (κ1) is 25.7. The number of nitrogens with zero attached hydrogens (tertiary/aromatic N) is 5. The van der Waals surface area contributed by atoms with Crippen molar-refractivity contribution in [2.24, 2.45) is 7.05 Å². The highest BCUT2D eigenvalue weighted by Crippen LogP contribution is 2.31. The topological polar surface area (TPSA) is 132 Å². The molecule has 0 radical (unpaired) electrons. The van der Waals surface area contributed by atoms with Crippen LogP contribution in [-0.2, 0) is 13.6 Å². The lowest BCUT2D eigenvalue weighted by Crippen LogP contribution is -2.48. The molecule has 39 heavy (non-hydrogen) atoms. The second kappa shape index (κ2) is 11.6. The lowest BCUT2D eigenvalue weighted by molar-refractivity contribution is 0.240. The van der Waals surface area contributed by atoms with Gasteiger partial charge in [-0.15, -0.1) is 0 Å². The summed E-state index contributed by atoms with van der Waals surface area (Å²) in [7, 11) is 1.73. The van der Waals surface area contributed by atoms with Crippen molar-refractivity contribution in [2.45, 2.75) is 44.3 Å². The van der Waals surface area contributed by atoms with E-state index in [1.165, 1.54) is 0 Å². The fraction of sp³-hybridized carbons (Fsp3) is 0.276. The number of carbonyl (C=O) groups is 1. The molecular formula is C29H30N8O2. The molecule has 10 nitrogen and oxygen atoms in total. The van der Waals surface area contributed by atoms with Crippen LogP contribution in [0, 0.1) is 11.3 Å². The van der Waals surface area contributed by atoms with Crippen LogP contribution in [0.15, 0.2) is 78.1 Å². The first-order chi connectivity index (χ1) is 19.0. The Morgan fingerprint density at radius 2 is 1.85 bits per heavy atom. The number of H-pyrrole nitrogens is 1. The summed E-state index contributed by atoms with van der Waals surface area (Å²) >= 11 is 0. The van der Waals surface area contributed by atoms with Crippen LogP contribution in [0.3, 0.4) is 0 Å². The van der Waals surface area contributed by atoms with Gasteiger partial charge in [-0.2, -0.15) is 10.4 Å². The molecule has 1 aliphatic rings. The van der Waals surface area contributed by atoms with Crippen molar-refractivity contribution in [1.82, 2.24) is 25.1 Å². The highest BCUT2D eigenvalue weighted by molar-refractivity contribution is 5.93. The SMILES string of the molecule is Cn1cc(-c2ccc(N(C(=O)NCc3cn[nH]c3)C3CCC(Nc4ccc(C#N)cn4)CC3)cc2)ccc1=O. The molecule has 0 spiro atoms. The molecule has 198 valence electrons.